The Labute approximate surface area is 184 Å². The van der Waals surface area contributed by atoms with Crippen molar-refractivity contribution in [2.45, 2.75) is 45.4 Å². The maximum atomic E-state index is 9.42. The highest BCUT2D eigenvalue weighted by molar-refractivity contribution is 14.0. The van der Waals surface area contributed by atoms with Gasteiger partial charge in [0.2, 0.25) is 0 Å². The van der Waals surface area contributed by atoms with E-state index in [-0.39, 0.29) is 24.0 Å². The van der Waals surface area contributed by atoms with E-state index in [9.17, 15) is 5.26 Å². The molecule has 1 aromatic heterocycles. The summed E-state index contributed by atoms with van der Waals surface area (Å²) in [6.45, 7) is 3.63. The third-order valence-corrected chi connectivity index (χ3v) is 4.30. The molecule has 7 nitrogen and oxygen atoms in total. The Balaban J connectivity index is 0.00000392. The van der Waals surface area contributed by atoms with Crippen molar-refractivity contribution in [3.05, 3.63) is 41.6 Å². The zero-order chi connectivity index (χ0) is 19.5. The Hall–Kier alpha value is -2.28. The molecule has 1 aromatic carbocycles. The number of nitrogens with zero attached hydrogens (tertiary/aromatic N) is 4. The predicted molar refractivity (Wildman–Crippen MR) is 125 cm³/mol. The van der Waals surface area contributed by atoms with Crippen molar-refractivity contribution in [2.24, 2.45) is 10.7 Å². The molecule has 0 fully saturated rings. The zero-order valence-corrected chi connectivity index (χ0v) is 18.7. The summed E-state index contributed by atoms with van der Waals surface area (Å²) in [5, 5.41) is 17.1. The highest BCUT2D eigenvalue weighted by atomic mass is 127. The van der Waals surface area contributed by atoms with Gasteiger partial charge < -0.3 is 16.8 Å². The number of hydrogen-bond donors (Lipinski definition) is 3. The molecular weight excluding hydrogens is 465 g/mol. The van der Waals surface area contributed by atoms with Crippen molar-refractivity contribution in [2.75, 3.05) is 18.8 Å². The standard InChI is InChI=1S/C20H29N7.HI/c1-2-3-4-8-13-24-20(23)25-14-9-12-18-17(15-21)19(22)27(26-18)16-10-6-5-7-11-16;/h5-7,10-11H,2-4,8-9,12-14,22H2,1H3,(H3,23,24,25);1H. The van der Waals surface area contributed by atoms with E-state index in [0.29, 0.717) is 36.0 Å². The largest absolute Gasteiger partial charge is 0.382 e. The first kappa shape index (κ1) is 23.8. The number of nitrogen functional groups attached to an aromatic ring is 1. The highest BCUT2D eigenvalue weighted by Gasteiger charge is 2.15. The van der Waals surface area contributed by atoms with Crippen LogP contribution in [0.4, 0.5) is 5.82 Å². The Morgan fingerprint density at radius 1 is 1.21 bits per heavy atom. The molecule has 0 aliphatic rings. The smallest absolute Gasteiger partial charge is 0.188 e. The minimum Gasteiger partial charge on any atom is -0.382 e. The van der Waals surface area contributed by atoms with Crippen LogP contribution in [0.3, 0.4) is 0 Å². The average molecular weight is 495 g/mol. The van der Waals surface area contributed by atoms with Gasteiger partial charge in [0.15, 0.2) is 5.96 Å². The summed E-state index contributed by atoms with van der Waals surface area (Å²) in [7, 11) is 0. The molecular formula is C20H30IN7. The minimum atomic E-state index is 0. The number of benzene rings is 1. The van der Waals surface area contributed by atoms with Gasteiger partial charge >= 0.3 is 0 Å². The summed E-state index contributed by atoms with van der Waals surface area (Å²) in [6, 6.07) is 11.7. The van der Waals surface area contributed by atoms with Gasteiger partial charge in [0.25, 0.3) is 0 Å². The van der Waals surface area contributed by atoms with E-state index in [4.69, 9.17) is 11.5 Å². The van der Waals surface area contributed by atoms with E-state index < -0.39 is 0 Å². The normalized spacial score (nSPS) is 10.9. The van der Waals surface area contributed by atoms with E-state index in [1.807, 2.05) is 30.3 Å². The van der Waals surface area contributed by atoms with Crippen LogP contribution in [0.25, 0.3) is 5.69 Å². The lowest BCUT2D eigenvalue weighted by molar-refractivity contribution is 0.651. The van der Waals surface area contributed by atoms with Crippen LogP contribution in [-0.2, 0) is 6.42 Å². The molecule has 0 aliphatic carbocycles. The summed E-state index contributed by atoms with van der Waals surface area (Å²) in [5.41, 5.74) is 14.0. The second-order valence-electron chi connectivity index (χ2n) is 6.42. The Morgan fingerprint density at radius 2 is 1.96 bits per heavy atom. The summed E-state index contributed by atoms with van der Waals surface area (Å²) >= 11 is 0. The van der Waals surface area contributed by atoms with Crippen molar-refractivity contribution < 1.29 is 0 Å². The van der Waals surface area contributed by atoms with Crippen molar-refractivity contribution in [3.8, 4) is 11.8 Å². The van der Waals surface area contributed by atoms with Crippen molar-refractivity contribution in [1.82, 2.24) is 15.1 Å². The summed E-state index contributed by atoms with van der Waals surface area (Å²) in [6.07, 6.45) is 6.15. The number of aliphatic imine (C=N–C) groups is 1. The average Bonchev–Trinajstić information content (AvgIpc) is 3.01. The van der Waals surface area contributed by atoms with Gasteiger partial charge in [-0.05, 0) is 31.4 Å². The molecule has 0 saturated carbocycles. The number of unbranched alkanes of at least 4 members (excludes halogenated alkanes) is 3. The topological polar surface area (TPSA) is 118 Å². The Morgan fingerprint density at radius 3 is 2.64 bits per heavy atom. The van der Waals surface area contributed by atoms with Gasteiger partial charge in [-0.1, -0.05) is 44.4 Å². The number of rotatable bonds is 10. The number of para-hydroxylation sites is 1. The number of hydrogen-bond acceptors (Lipinski definition) is 4. The lowest BCUT2D eigenvalue weighted by atomic mass is 10.1. The van der Waals surface area contributed by atoms with E-state index >= 15 is 0 Å². The van der Waals surface area contributed by atoms with Crippen molar-refractivity contribution in [1.29, 1.82) is 5.26 Å². The van der Waals surface area contributed by atoms with Gasteiger partial charge in [-0.3, -0.25) is 4.99 Å². The van der Waals surface area contributed by atoms with Crippen LogP contribution in [-0.4, -0.2) is 28.8 Å². The van der Waals surface area contributed by atoms with Crippen LogP contribution in [0, 0.1) is 11.3 Å². The molecule has 0 aliphatic heterocycles. The minimum absolute atomic E-state index is 0. The molecule has 2 aromatic rings. The SMILES string of the molecule is CCCCCCNC(N)=NCCCc1nn(-c2ccccc2)c(N)c1C#N.I. The van der Waals surface area contributed by atoms with Crippen LogP contribution in [0.5, 0.6) is 0 Å². The number of guanidine groups is 1. The number of anilines is 1. The fraction of sp³-hybridized carbons (Fsp3) is 0.450. The number of nitrogens with one attached hydrogen (secondary N) is 1. The third-order valence-electron chi connectivity index (χ3n) is 4.30. The summed E-state index contributed by atoms with van der Waals surface area (Å²) < 4.78 is 1.61. The fourth-order valence-electron chi connectivity index (χ4n) is 2.81. The van der Waals surface area contributed by atoms with Crippen molar-refractivity contribution in [3.63, 3.8) is 0 Å². The number of aryl methyl sites for hydroxylation is 1. The quantitative estimate of drug-likeness (QED) is 0.202. The molecule has 28 heavy (non-hydrogen) atoms. The molecule has 1 heterocycles. The molecule has 8 heteroatoms. The number of halogens is 1. The molecule has 0 unspecified atom stereocenters. The number of aromatic nitrogens is 2. The number of nitrogens with two attached hydrogens (primary N) is 2. The first-order valence-electron chi connectivity index (χ1n) is 9.54. The van der Waals surface area contributed by atoms with E-state index in [0.717, 1.165) is 25.1 Å². The molecule has 5 N–H and O–H groups in total. The fourth-order valence-corrected chi connectivity index (χ4v) is 2.81. The van der Waals surface area contributed by atoms with Crippen molar-refractivity contribution >= 4 is 35.8 Å². The maximum absolute atomic E-state index is 9.42. The Bertz CT molecular complexity index is 778. The third kappa shape index (κ3) is 7.03. The van der Waals surface area contributed by atoms with E-state index in [2.05, 4.69) is 28.4 Å². The molecule has 152 valence electrons. The molecule has 0 bridgehead atoms. The second-order valence-corrected chi connectivity index (χ2v) is 6.42. The first-order valence-corrected chi connectivity index (χ1v) is 9.54. The molecule has 0 radical (unpaired) electrons. The van der Waals surface area contributed by atoms with Gasteiger partial charge in [0, 0.05) is 13.1 Å². The maximum Gasteiger partial charge on any atom is 0.188 e. The van der Waals surface area contributed by atoms with E-state index in [1.54, 1.807) is 4.68 Å². The molecule has 0 amide bonds. The molecule has 0 saturated heterocycles. The van der Waals surface area contributed by atoms with Gasteiger partial charge in [-0.25, -0.2) is 4.68 Å². The van der Waals surface area contributed by atoms with Crippen LogP contribution in [0.1, 0.15) is 50.3 Å². The zero-order valence-electron chi connectivity index (χ0n) is 16.4. The molecule has 0 spiro atoms. The lowest BCUT2D eigenvalue weighted by Crippen LogP contribution is -2.32. The van der Waals surface area contributed by atoms with Crippen LogP contribution < -0.4 is 16.8 Å². The van der Waals surface area contributed by atoms with Gasteiger partial charge in [0.05, 0.1) is 11.4 Å². The highest BCUT2D eigenvalue weighted by Crippen LogP contribution is 2.21. The summed E-state index contributed by atoms with van der Waals surface area (Å²) in [5.74, 6) is 0.844. The molecule has 0 atom stereocenters. The first-order chi connectivity index (χ1) is 13.2. The van der Waals surface area contributed by atoms with E-state index in [1.165, 1.54) is 19.3 Å². The Kier molecular flexibility index (Phi) is 11.0. The van der Waals surface area contributed by atoms with Gasteiger partial charge in [-0.15, -0.1) is 24.0 Å². The van der Waals surface area contributed by atoms with Gasteiger partial charge in [-0.2, -0.15) is 10.4 Å². The van der Waals surface area contributed by atoms with Crippen LogP contribution in [0.15, 0.2) is 35.3 Å². The predicted octanol–water partition coefficient (Wildman–Crippen LogP) is 3.36. The lowest BCUT2D eigenvalue weighted by Gasteiger charge is -2.05. The van der Waals surface area contributed by atoms with Crippen LogP contribution >= 0.6 is 24.0 Å². The van der Waals surface area contributed by atoms with Gasteiger partial charge in [0.1, 0.15) is 17.5 Å². The monoisotopic (exact) mass is 495 g/mol. The number of nitriles is 1. The summed E-state index contributed by atoms with van der Waals surface area (Å²) in [4.78, 5) is 4.33. The van der Waals surface area contributed by atoms with Crippen LogP contribution in [0.2, 0.25) is 0 Å². The second kappa shape index (κ2) is 13.0. The molecule has 2 rings (SSSR count).